The fourth-order valence-corrected chi connectivity index (χ4v) is 4.28. The van der Waals surface area contributed by atoms with Crippen LogP contribution >= 0.6 is 0 Å². The van der Waals surface area contributed by atoms with Crippen LogP contribution in [0.25, 0.3) is 10.9 Å². The Labute approximate surface area is 135 Å². The lowest BCUT2D eigenvalue weighted by molar-refractivity contribution is 0.389. The summed E-state index contributed by atoms with van der Waals surface area (Å²) in [4.78, 5) is 12.3. The van der Waals surface area contributed by atoms with Crippen LogP contribution in [0.5, 0.6) is 5.88 Å². The van der Waals surface area contributed by atoms with Crippen LogP contribution in [0.3, 0.4) is 0 Å². The zero-order chi connectivity index (χ0) is 16.4. The second-order valence-corrected chi connectivity index (χ2v) is 7.05. The van der Waals surface area contributed by atoms with Crippen LogP contribution in [0.4, 0.5) is 0 Å². The normalized spacial score (nSPS) is 10.7. The van der Waals surface area contributed by atoms with E-state index in [0.717, 1.165) is 11.1 Å². The highest BCUT2D eigenvalue weighted by atomic mass is 28.3. The zero-order valence-corrected chi connectivity index (χ0v) is 14.1. The average Bonchev–Trinajstić information content (AvgIpc) is 2.55. The molecule has 0 N–H and O–H groups in total. The van der Waals surface area contributed by atoms with Crippen LogP contribution < -0.4 is 10.2 Å². The molecular formula is C18H17NO3Si. The van der Waals surface area contributed by atoms with E-state index in [-0.39, 0.29) is 5.43 Å². The maximum absolute atomic E-state index is 13.0. The van der Waals surface area contributed by atoms with Gasteiger partial charge in [0.05, 0.1) is 12.6 Å². The Morgan fingerprint density at radius 2 is 1.83 bits per heavy atom. The summed E-state index contributed by atoms with van der Waals surface area (Å²) in [5.74, 6) is 0.339. The van der Waals surface area contributed by atoms with Gasteiger partial charge in [-0.15, -0.1) is 0 Å². The summed E-state index contributed by atoms with van der Waals surface area (Å²) in [6.45, 7) is 1.93. The van der Waals surface area contributed by atoms with E-state index in [1.807, 2.05) is 55.5 Å². The van der Waals surface area contributed by atoms with Crippen molar-refractivity contribution >= 4 is 19.7 Å². The van der Waals surface area contributed by atoms with Gasteiger partial charge in [-0.25, -0.2) is 0 Å². The lowest BCUT2D eigenvalue weighted by Crippen LogP contribution is -2.23. The number of nitrogens with zero attached hydrogens (tertiary/aromatic N) is 1. The zero-order valence-electron chi connectivity index (χ0n) is 13.1. The molecule has 5 heteroatoms. The van der Waals surface area contributed by atoms with Crippen molar-refractivity contribution in [2.24, 2.45) is 0 Å². The van der Waals surface area contributed by atoms with E-state index in [4.69, 9.17) is 4.74 Å². The lowest BCUT2D eigenvalue weighted by atomic mass is 10.1. The van der Waals surface area contributed by atoms with Crippen molar-refractivity contribution in [3.05, 3.63) is 75.9 Å². The van der Waals surface area contributed by atoms with Crippen LogP contribution in [0.15, 0.2) is 59.4 Å². The highest BCUT2D eigenvalue weighted by Crippen LogP contribution is 2.19. The Kier molecular flexibility index (Phi) is 4.21. The molecule has 0 bridgehead atoms. The minimum Gasteiger partial charge on any atom is -0.482 e. The van der Waals surface area contributed by atoms with Gasteiger partial charge in [-0.05, 0) is 24.6 Å². The minimum absolute atomic E-state index is 0.119. The van der Waals surface area contributed by atoms with E-state index in [9.17, 15) is 9.26 Å². The van der Waals surface area contributed by atoms with Gasteiger partial charge in [-0.3, -0.25) is 9.03 Å². The smallest absolute Gasteiger partial charge is 0.410 e. The quantitative estimate of drug-likeness (QED) is 0.694. The third-order valence-electron chi connectivity index (χ3n) is 3.79. The summed E-state index contributed by atoms with van der Waals surface area (Å²) in [7, 11) is -0.724. The van der Waals surface area contributed by atoms with Gasteiger partial charge in [0, 0.05) is 17.5 Å². The summed E-state index contributed by atoms with van der Waals surface area (Å²) in [5.41, 5.74) is 2.53. The van der Waals surface area contributed by atoms with Gasteiger partial charge >= 0.3 is 8.84 Å². The molecule has 0 atom stereocenters. The van der Waals surface area contributed by atoms with E-state index in [1.54, 1.807) is 4.23 Å². The molecule has 0 aliphatic heterocycles. The molecule has 0 radical (unpaired) electrons. The predicted octanol–water partition coefficient (Wildman–Crippen LogP) is 2.87. The van der Waals surface area contributed by atoms with Gasteiger partial charge < -0.3 is 9.20 Å². The van der Waals surface area contributed by atoms with E-state index in [2.05, 4.69) is 0 Å². The fourth-order valence-electron chi connectivity index (χ4n) is 2.67. The first-order valence-corrected chi connectivity index (χ1v) is 8.94. The first-order valence-electron chi connectivity index (χ1n) is 7.37. The topological polar surface area (TPSA) is 48.3 Å². The Bertz CT molecular complexity index is 932. The van der Waals surface area contributed by atoms with Gasteiger partial charge in [0.15, 0.2) is 11.3 Å². The van der Waals surface area contributed by atoms with Crippen molar-refractivity contribution in [1.82, 2.24) is 4.23 Å². The standard InChI is InChI=1S/C18H17NO3Si/c1-13-8-9-16-15(10-13)17(20)11-18(22-2)19(16)23(21)12-14-6-4-3-5-7-14/h3-11H,12H2,1-2H3. The highest BCUT2D eigenvalue weighted by Gasteiger charge is 2.18. The molecule has 0 saturated heterocycles. The largest absolute Gasteiger partial charge is 0.482 e. The summed E-state index contributed by atoms with van der Waals surface area (Å²) in [6.07, 6.45) is 0. The van der Waals surface area contributed by atoms with Crippen LogP contribution in [-0.2, 0) is 10.5 Å². The highest BCUT2D eigenvalue weighted by molar-refractivity contribution is 6.42. The molecule has 0 aliphatic rings. The molecular weight excluding hydrogens is 306 g/mol. The first kappa shape index (κ1) is 15.4. The Morgan fingerprint density at radius 3 is 2.52 bits per heavy atom. The Hall–Kier alpha value is -2.53. The molecule has 0 saturated carbocycles. The van der Waals surface area contributed by atoms with Gasteiger partial charge in [-0.2, -0.15) is 0 Å². The molecule has 3 aromatic rings. The monoisotopic (exact) mass is 323 g/mol. The number of rotatable bonds is 4. The molecule has 2 aromatic carbocycles. The number of benzene rings is 2. The van der Waals surface area contributed by atoms with Crippen molar-refractivity contribution in [3.8, 4) is 5.88 Å². The van der Waals surface area contributed by atoms with Crippen LogP contribution in [0.1, 0.15) is 11.1 Å². The molecule has 116 valence electrons. The van der Waals surface area contributed by atoms with E-state index in [0.29, 0.717) is 22.8 Å². The SMILES string of the molecule is COc1cc(=O)c2cc(C)ccc2n1[Si](=O)Cc1ccccc1. The van der Waals surface area contributed by atoms with Crippen molar-refractivity contribution in [2.45, 2.75) is 13.0 Å². The number of fused-ring (bicyclic) bond motifs is 1. The summed E-state index contributed by atoms with van der Waals surface area (Å²) in [5, 5.41) is 0.567. The molecule has 3 rings (SSSR count). The molecule has 1 heterocycles. The van der Waals surface area contributed by atoms with Gasteiger partial charge in [0.25, 0.3) is 0 Å². The van der Waals surface area contributed by atoms with Crippen LogP contribution in [0, 0.1) is 6.92 Å². The van der Waals surface area contributed by atoms with Gasteiger partial charge in [0.1, 0.15) is 0 Å². The van der Waals surface area contributed by atoms with E-state index < -0.39 is 8.84 Å². The average molecular weight is 323 g/mol. The summed E-state index contributed by atoms with van der Waals surface area (Å²) in [6, 6.07) is 17.1. The number of hydrogen-bond donors (Lipinski definition) is 0. The number of aromatic nitrogens is 1. The van der Waals surface area contributed by atoms with Gasteiger partial charge in [0.2, 0.25) is 0 Å². The second kappa shape index (κ2) is 6.30. The summed E-state index contributed by atoms with van der Waals surface area (Å²) < 4.78 is 19.9. The molecule has 0 spiro atoms. The lowest BCUT2D eigenvalue weighted by Gasteiger charge is -2.14. The number of hydrogen-bond acceptors (Lipinski definition) is 3. The molecule has 0 amide bonds. The second-order valence-electron chi connectivity index (χ2n) is 5.46. The summed E-state index contributed by atoms with van der Waals surface area (Å²) >= 11 is 0. The first-order chi connectivity index (χ1) is 11.1. The molecule has 0 unspecified atom stereocenters. The minimum atomic E-state index is -2.21. The third-order valence-corrected chi connectivity index (χ3v) is 5.46. The van der Waals surface area contributed by atoms with Crippen molar-refractivity contribution < 1.29 is 9.20 Å². The molecule has 1 aromatic heterocycles. The van der Waals surface area contributed by atoms with Crippen molar-refractivity contribution in [3.63, 3.8) is 0 Å². The third kappa shape index (κ3) is 3.00. The van der Waals surface area contributed by atoms with E-state index >= 15 is 0 Å². The predicted molar refractivity (Wildman–Crippen MR) is 91.5 cm³/mol. The number of methoxy groups -OCH3 is 1. The van der Waals surface area contributed by atoms with Crippen molar-refractivity contribution in [2.75, 3.05) is 7.11 Å². The fraction of sp³-hybridized carbons (Fsp3) is 0.167. The van der Waals surface area contributed by atoms with Crippen LogP contribution in [-0.4, -0.2) is 20.2 Å². The Morgan fingerprint density at radius 1 is 1.09 bits per heavy atom. The maximum atomic E-state index is 13.0. The van der Waals surface area contributed by atoms with Crippen LogP contribution in [0.2, 0.25) is 0 Å². The molecule has 0 fully saturated rings. The maximum Gasteiger partial charge on any atom is 0.410 e. The molecule has 4 nitrogen and oxygen atoms in total. The number of pyridine rings is 1. The molecule has 0 aliphatic carbocycles. The van der Waals surface area contributed by atoms with Crippen molar-refractivity contribution in [1.29, 1.82) is 0 Å². The van der Waals surface area contributed by atoms with Gasteiger partial charge in [-0.1, -0.05) is 42.0 Å². The van der Waals surface area contributed by atoms with E-state index in [1.165, 1.54) is 13.2 Å². The number of ether oxygens (including phenoxy) is 1. The molecule has 23 heavy (non-hydrogen) atoms. The number of aryl methyl sites for hydroxylation is 1. The Balaban J connectivity index is 2.17.